The molecular weight excluding hydrogens is 346 g/mol. The molecule has 0 aliphatic rings. The van der Waals surface area contributed by atoms with Gasteiger partial charge in [0, 0.05) is 11.6 Å². The molecule has 5 nitrogen and oxygen atoms in total. The number of rotatable bonds is 7. The van der Waals surface area contributed by atoms with Crippen molar-refractivity contribution >= 4 is 17.4 Å². The minimum atomic E-state index is -0.133. The fourth-order valence-electron chi connectivity index (χ4n) is 2.67. The number of carbonyl (C=O) groups excluding carboxylic acids is 1. The number of hydrogen-bond acceptors (Lipinski definition) is 5. The Bertz CT molecular complexity index is 847. The number of aryl methyl sites for hydroxylation is 1. The highest BCUT2D eigenvalue weighted by Gasteiger charge is 2.19. The zero-order valence-electron chi connectivity index (χ0n) is 14.8. The molecule has 0 aliphatic carbocycles. The third-order valence-electron chi connectivity index (χ3n) is 4.14. The van der Waals surface area contributed by atoms with Crippen molar-refractivity contribution in [2.45, 2.75) is 25.8 Å². The number of hydrogen-bond donors (Lipinski definition) is 1. The number of nitrogens with one attached hydrogen (secondary N) is 1. The molecule has 0 saturated carbocycles. The van der Waals surface area contributed by atoms with Crippen LogP contribution in [0.25, 0.3) is 11.3 Å². The van der Waals surface area contributed by atoms with E-state index in [1.807, 2.05) is 49.4 Å². The minimum Gasteiger partial charge on any atom is -0.497 e. The second kappa shape index (κ2) is 8.58. The van der Waals surface area contributed by atoms with E-state index in [1.165, 1.54) is 5.56 Å². The molecule has 1 unspecified atom stereocenters. The Kier molecular flexibility index (Phi) is 5.96. The third kappa shape index (κ3) is 4.46. The molecule has 1 heterocycles. The summed E-state index contributed by atoms with van der Waals surface area (Å²) in [5.74, 6) is 0.629. The van der Waals surface area contributed by atoms with Gasteiger partial charge < -0.3 is 10.1 Å². The molecule has 3 rings (SSSR count). The van der Waals surface area contributed by atoms with Gasteiger partial charge in [0.15, 0.2) is 0 Å². The monoisotopic (exact) mass is 367 g/mol. The van der Waals surface area contributed by atoms with Crippen LogP contribution in [-0.2, 0) is 6.42 Å². The van der Waals surface area contributed by atoms with Crippen LogP contribution in [0, 0.1) is 0 Å². The molecule has 6 heteroatoms. The number of aromatic nitrogens is 2. The number of nitrogens with zero attached hydrogens (tertiary/aromatic N) is 2. The van der Waals surface area contributed by atoms with Crippen molar-refractivity contribution in [3.8, 4) is 17.0 Å². The van der Waals surface area contributed by atoms with E-state index < -0.39 is 0 Å². The van der Waals surface area contributed by atoms with Crippen LogP contribution in [0.15, 0.2) is 54.6 Å². The van der Waals surface area contributed by atoms with E-state index in [0.29, 0.717) is 10.6 Å². The van der Waals surface area contributed by atoms with E-state index in [4.69, 9.17) is 4.74 Å². The standard InChI is InChI=1S/C20H21N3O2S/c1-14(8-9-15-6-4-3-5-7-15)21-20(24)19-18(22-23-26-19)16-10-12-17(25-2)13-11-16/h3-7,10-14H,8-9H2,1-2H3,(H,21,24). The average molecular weight is 367 g/mol. The van der Waals surface area contributed by atoms with E-state index >= 15 is 0 Å². The maximum Gasteiger partial charge on any atom is 0.265 e. The van der Waals surface area contributed by atoms with Gasteiger partial charge in [0.25, 0.3) is 5.91 Å². The summed E-state index contributed by atoms with van der Waals surface area (Å²) in [7, 11) is 1.62. The summed E-state index contributed by atoms with van der Waals surface area (Å²) in [5.41, 5.74) is 2.72. The molecule has 2 aromatic carbocycles. The van der Waals surface area contributed by atoms with Gasteiger partial charge in [0.05, 0.1) is 7.11 Å². The van der Waals surface area contributed by atoms with Crippen molar-refractivity contribution in [3.05, 3.63) is 65.0 Å². The summed E-state index contributed by atoms with van der Waals surface area (Å²) in [6.45, 7) is 2.02. The van der Waals surface area contributed by atoms with Gasteiger partial charge >= 0.3 is 0 Å². The second-order valence-corrected chi connectivity index (χ2v) is 6.83. The van der Waals surface area contributed by atoms with Crippen molar-refractivity contribution in [1.29, 1.82) is 0 Å². The molecule has 0 spiro atoms. The van der Waals surface area contributed by atoms with E-state index in [2.05, 4.69) is 27.0 Å². The molecule has 1 aromatic heterocycles. The van der Waals surface area contributed by atoms with Crippen LogP contribution in [0.5, 0.6) is 5.75 Å². The number of methoxy groups -OCH3 is 1. The first-order valence-corrected chi connectivity index (χ1v) is 9.26. The summed E-state index contributed by atoms with van der Waals surface area (Å²) >= 11 is 1.11. The van der Waals surface area contributed by atoms with Gasteiger partial charge in [-0.25, -0.2) is 0 Å². The molecule has 1 amide bonds. The lowest BCUT2D eigenvalue weighted by Crippen LogP contribution is -2.32. The topological polar surface area (TPSA) is 64.1 Å². The van der Waals surface area contributed by atoms with Crippen LogP contribution < -0.4 is 10.1 Å². The smallest absolute Gasteiger partial charge is 0.265 e. The molecule has 0 saturated heterocycles. The largest absolute Gasteiger partial charge is 0.497 e. The van der Waals surface area contributed by atoms with Crippen molar-refractivity contribution in [2.75, 3.05) is 7.11 Å². The Morgan fingerprint density at radius 3 is 2.58 bits per heavy atom. The summed E-state index contributed by atoms with van der Waals surface area (Å²) in [6.07, 6.45) is 1.80. The van der Waals surface area contributed by atoms with Crippen LogP contribution in [0.2, 0.25) is 0 Å². The SMILES string of the molecule is COc1ccc(-c2nnsc2C(=O)NC(C)CCc2ccccc2)cc1. The van der Waals surface area contributed by atoms with Gasteiger partial charge in [-0.15, -0.1) is 5.10 Å². The van der Waals surface area contributed by atoms with E-state index in [0.717, 1.165) is 35.7 Å². The first kappa shape index (κ1) is 18.1. The average Bonchev–Trinajstić information content (AvgIpc) is 3.17. The molecule has 1 atom stereocenters. The summed E-state index contributed by atoms with van der Waals surface area (Å²) in [4.78, 5) is 13.2. The minimum absolute atomic E-state index is 0.0634. The van der Waals surface area contributed by atoms with Crippen molar-refractivity contribution < 1.29 is 9.53 Å². The lowest BCUT2D eigenvalue weighted by molar-refractivity contribution is 0.0943. The third-order valence-corrected chi connectivity index (χ3v) is 4.87. The van der Waals surface area contributed by atoms with Crippen LogP contribution in [0.4, 0.5) is 0 Å². The second-order valence-electron chi connectivity index (χ2n) is 6.08. The molecule has 1 N–H and O–H groups in total. The van der Waals surface area contributed by atoms with E-state index in [1.54, 1.807) is 7.11 Å². The van der Waals surface area contributed by atoms with Crippen LogP contribution in [-0.4, -0.2) is 28.6 Å². The lowest BCUT2D eigenvalue weighted by atomic mass is 10.1. The Morgan fingerprint density at radius 2 is 1.88 bits per heavy atom. The van der Waals surface area contributed by atoms with Gasteiger partial charge in [0.2, 0.25) is 0 Å². The Balaban J connectivity index is 1.64. The van der Waals surface area contributed by atoms with Crippen LogP contribution in [0.1, 0.15) is 28.6 Å². The summed E-state index contributed by atoms with van der Waals surface area (Å²) in [6, 6.07) is 17.8. The molecule has 0 radical (unpaired) electrons. The van der Waals surface area contributed by atoms with Gasteiger partial charge in [0.1, 0.15) is 16.3 Å². The first-order chi connectivity index (χ1) is 12.7. The van der Waals surface area contributed by atoms with Crippen LogP contribution in [0.3, 0.4) is 0 Å². The number of carbonyl (C=O) groups is 1. The number of benzene rings is 2. The molecule has 0 bridgehead atoms. The Hall–Kier alpha value is -2.73. The highest BCUT2D eigenvalue weighted by atomic mass is 32.1. The Labute approximate surface area is 157 Å². The maximum absolute atomic E-state index is 12.6. The van der Waals surface area contributed by atoms with Crippen molar-refractivity contribution in [3.63, 3.8) is 0 Å². The fourth-order valence-corrected chi connectivity index (χ4v) is 3.26. The highest BCUT2D eigenvalue weighted by molar-refractivity contribution is 7.08. The van der Waals surface area contributed by atoms with E-state index in [9.17, 15) is 4.79 Å². The van der Waals surface area contributed by atoms with E-state index in [-0.39, 0.29) is 11.9 Å². The quantitative estimate of drug-likeness (QED) is 0.686. The van der Waals surface area contributed by atoms with Gasteiger partial charge in [-0.05, 0) is 61.1 Å². The predicted molar refractivity (Wildman–Crippen MR) is 104 cm³/mol. The van der Waals surface area contributed by atoms with Gasteiger partial charge in [-0.1, -0.05) is 34.8 Å². The number of amides is 1. The van der Waals surface area contributed by atoms with Gasteiger partial charge in [-0.2, -0.15) is 0 Å². The van der Waals surface area contributed by atoms with Gasteiger partial charge in [-0.3, -0.25) is 4.79 Å². The molecular formula is C20H21N3O2S. The maximum atomic E-state index is 12.6. The molecule has 134 valence electrons. The fraction of sp³-hybridized carbons (Fsp3) is 0.250. The molecule has 0 aliphatic heterocycles. The zero-order chi connectivity index (χ0) is 18.4. The number of ether oxygens (including phenoxy) is 1. The summed E-state index contributed by atoms with van der Waals surface area (Å²) < 4.78 is 9.13. The van der Waals surface area contributed by atoms with Crippen molar-refractivity contribution in [2.24, 2.45) is 0 Å². The summed E-state index contributed by atoms with van der Waals surface area (Å²) in [5, 5.41) is 7.18. The molecule has 3 aromatic rings. The molecule has 26 heavy (non-hydrogen) atoms. The first-order valence-electron chi connectivity index (χ1n) is 8.49. The van der Waals surface area contributed by atoms with Crippen molar-refractivity contribution in [1.82, 2.24) is 14.9 Å². The Morgan fingerprint density at radius 1 is 1.15 bits per heavy atom. The highest BCUT2D eigenvalue weighted by Crippen LogP contribution is 2.26. The predicted octanol–water partition coefficient (Wildman–Crippen LogP) is 3.96. The normalized spacial score (nSPS) is 11.8. The lowest BCUT2D eigenvalue weighted by Gasteiger charge is -2.13. The van der Waals surface area contributed by atoms with Crippen LogP contribution >= 0.6 is 11.5 Å². The molecule has 0 fully saturated rings. The zero-order valence-corrected chi connectivity index (χ0v) is 15.6.